The molecule has 20 heteroatoms. The van der Waals surface area contributed by atoms with E-state index in [1.54, 1.807) is 12.4 Å². The molecule has 0 fully saturated rings. The van der Waals surface area contributed by atoms with Crippen LogP contribution in [0.3, 0.4) is 0 Å². The van der Waals surface area contributed by atoms with E-state index in [-0.39, 0.29) is 115 Å². The zero-order valence-corrected chi connectivity index (χ0v) is 69.4. The smallest absolute Gasteiger partial charge is 0.145 e. The summed E-state index contributed by atoms with van der Waals surface area (Å²) in [5, 5.41) is 0. The van der Waals surface area contributed by atoms with Gasteiger partial charge in [0.2, 0.25) is 0 Å². The summed E-state index contributed by atoms with van der Waals surface area (Å²) in [6.45, 7) is 37.5. The first-order chi connectivity index (χ1) is 45.7. The Labute approximate surface area is 644 Å². The van der Waals surface area contributed by atoms with Crippen molar-refractivity contribution in [2.24, 2.45) is 0 Å². The number of aromatic nitrogens is 16. The van der Waals surface area contributed by atoms with Crippen molar-refractivity contribution in [2.75, 3.05) is 0 Å². The zero-order chi connectivity index (χ0) is 68.8. The molecule has 12 aromatic rings. The van der Waals surface area contributed by atoms with Crippen molar-refractivity contribution in [1.29, 1.82) is 0 Å². The molecule has 4 aromatic carbocycles. The maximum atomic E-state index is 4.75. The van der Waals surface area contributed by atoms with E-state index in [0.29, 0.717) is 23.3 Å². The second kappa shape index (κ2) is 37.7. The van der Waals surface area contributed by atoms with E-state index >= 15 is 0 Å². The van der Waals surface area contributed by atoms with Gasteiger partial charge >= 0.3 is 0 Å². The Bertz CT molecular complexity index is 4550. The average Bonchev–Trinajstić information content (AvgIpc) is 0.815. The van der Waals surface area contributed by atoms with Crippen molar-refractivity contribution in [3.05, 3.63) is 240 Å². The first kappa shape index (κ1) is 82.8. The van der Waals surface area contributed by atoms with Crippen LogP contribution in [0.1, 0.15) is 178 Å². The standard InChI is InChI=1S/C24H29N4.C22H25N4.C18H17N4.C16H13N4.4Ir/c1-15(2)21-26-22(16(3)4)28-23(27-21)18-10-8-9-17(13-18)20-14-19(11-12-25-20)24(5,6)7;1-14(2)19-24-20(26-21(25-19)22(4,5)6)17-9-7-8-16(13-17)18-12-15(3)10-11-23-18;1-12(2)17-20-13(3)21-18(22-17)15-8-6-7-14(11-15)16-9-4-5-10-19-16;1-11-18-12(2)20-16(19-11)14-7-5-6-13(10-14)15-8-3-4-9-17-15;;;;/h8,10-16H,1-7H3;7,9-14H,1-6H3;4-6,8-12H,1-3H3;3-5,7-10H,1-2H3;;;;/q4*-1;;;;. The minimum absolute atomic E-state index is 0. The summed E-state index contributed by atoms with van der Waals surface area (Å²) in [6.07, 6.45) is 7.24. The molecule has 524 valence electrons. The van der Waals surface area contributed by atoms with E-state index in [1.165, 1.54) is 11.1 Å². The van der Waals surface area contributed by atoms with Crippen LogP contribution in [0.5, 0.6) is 0 Å². The van der Waals surface area contributed by atoms with Gasteiger partial charge in [-0.05, 0) is 85.7 Å². The molecular weight excluding hydrogens is 1950 g/mol. The van der Waals surface area contributed by atoms with Gasteiger partial charge in [-0.2, -0.15) is 0 Å². The Hall–Kier alpha value is -7.88. The maximum Gasteiger partial charge on any atom is 0.145 e. The van der Waals surface area contributed by atoms with E-state index in [1.807, 2.05) is 142 Å². The van der Waals surface area contributed by atoms with Gasteiger partial charge in [0.1, 0.15) is 69.9 Å². The van der Waals surface area contributed by atoms with Crippen LogP contribution in [0.4, 0.5) is 0 Å². The van der Waals surface area contributed by atoms with E-state index < -0.39 is 0 Å². The summed E-state index contributed by atoms with van der Waals surface area (Å²) in [5.74, 6) is 10.1. The first-order valence-electron chi connectivity index (χ1n) is 32.5. The third-order valence-corrected chi connectivity index (χ3v) is 14.9. The molecule has 0 amide bonds. The maximum absolute atomic E-state index is 4.75. The largest absolute Gasteiger partial charge is 0.305 e. The molecule has 0 aliphatic heterocycles. The van der Waals surface area contributed by atoms with Crippen molar-refractivity contribution in [3.63, 3.8) is 0 Å². The number of rotatable bonds is 12. The van der Waals surface area contributed by atoms with E-state index in [0.717, 1.165) is 114 Å². The summed E-state index contributed by atoms with van der Waals surface area (Å²) in [5.41, 5.74) is 13.5. The number of pyridine rings is 4. The summed E-state index contributed by atoms with van der Waals surface area (Å²) >= 11 is 0. The minimum Gasteiger partial charge on any atom is -0.305 e. The molecule has 0 saturated heterocycles. The summed E-state index contributed by atoms with van der Waals surface area (Å²) in [6, 6.07) is 56.5. The Morgan fingerprint density at radius 2 is 0.640 bits per heavy atom. The number of aryl methyl sites for hydroxylation is 4. The number of hydrogen-bond donors (Lipinski definition) is 0. The third kappa shape index (κ3) is 23.1. The number of benzene rings is 4. The topological polar surface area (TPSA) is 206 Å². The molecule has 0 atom stereocenters. The number of hydrogen-bond acceptors (Lipinski definition) is 16. The fourth-order valence-electron chi connectivity index (χ4n) is 9.59. The summed E-state index contributed by atoms with van der Waals surface area (Å²) < 4.78 is 0. The van der Waals surface area contributed by atoms with Gasteiger partial charge in [-0.25, -0.2) is 59.8 Å². The van der Waals surface area contributed by atoms with Crippen LogP contribution in [0.25, 0.3) is 90.6 Å². The van der Waals surface area contributed by atoms with Crippen LogP contribution < -0.4 is 0 Å². The van der Waals surface area contributed by atoms with Crippen molar-refractivity contribution in [2.45, 2.75) is 159 Å². The summed E-state index contributed by atoms with van der Waals surface area (Å²) in [7, 11) is 0. The van der Waals surface area contributed by atoms with Gasteiger partial charge in [0, 0.05) is 134 Å². The van der Waals surface area contributed by atoms with E-state index in [9.17, 15) is 0 Å². The van der Waals surface area contributed by atoms with Crippen molar-refractivity contribution in [3.8, 4) is 90.6 Å². The van der Waals surface area contributed by atoms with Gasteiger partial charge in [-0.1, -0.05) is 161 Å². The Kier molecular flexibility index (Phi) is 31.2. The molecule has 8 aromatic heterocycles. The molecule has 100 heavy (non-hydrogen) atoms. The first-order valence-corrected chi connectivity index (χ1v) is 32.5. The molecule has 4 radical (unpaired) electrons. The molecule has 0 aliphatic carbocycles. The normalized spacial score (nSPS) is 10.9. The van der Waals surface area contributed by atoms with Crippen molar-refractivity contribution in [1.82, 2.24) is 79.7 Å². The van der Waals surface area contributed by atoms with Gasteiger partial charge in [0.15, 0.2) is 0 Å². The Balaban J connectivity index is 0.000000239. The predicted octanol–water partition coefficient (Wildman–Crippen LogP) is 17.9. The third-order valence-electron chi connectivity index (χ3n) is 14.9. The van der Waals surface area contributed by atoms with Gasteiger partial charge in [-0.15, -0.1) is 119 Å². The molecule has 0 bridgehead atoms. The molecule has 0 unspecified atom stereocenters. The van der Waals surface area contributed by atoms with Gasteiger partial charge in [-0.3, -0.25) is 0 Å². The van der Waals surface area contributed by atoms with E-state index in [2.05, 4.69) is 212 Å². The SMILES string of the molecule is CC(C)c1nc(-c2cc[c-]c(-c3cc(C(C)(C)C)ccn3)c2)nc(C(C)C)n1.Cc1ccnc(-c2[c-]ccc(-c3nc(C(C)C)nc(C(C)(C)C)n3)c2)c1.Cc1nc(-c2cc[c-]c(-c3ccccn3)c2)nc(C(C)C)n1.Cc1nc(C)nc(-c2cc[c-]c(-c3ccccn3)c2)n1.[Ir].[Ir].[Ir].[Ir]. The van der Waals surface area contributed by atoms with Crippen LogP contribution in [0, 0.1) is 52.0 Å². The number of nitrogens with zero attached hydrogens (tertiary/aromatic N) is 16. The van der Waals surface area contributed by atoms with E-state index in [4.69, 9.17) is 19.9 Å². The molecule has 12 rings (SSSR count). The second-order valence-corrected chi connectivity index (χ2v) is 26.7. The summed E-state index contributed by atoms with van der Waals surface area (Å²) in [4.78, 5) is 72.4. The van der Waals surface area contributed by atoms with Gasteiger partial charge in [0.05, 0.1) is 0 Å². The Morgan fingerprint density at radius 3 is 1.02 bits per heavy atom. The molecule has 0 N–H and O–H groups in total. The fourth-order valence-corrected chi connectivity index (χ4v) is 9.59. The van der Waals surface area contributed by atoms with Crippen LogP contribution in [0.15, 0.2) is 158 Å². The molecule has 0 saturated carbocycles. The molecule has 0 aliphatic rings. The molecular formula is C80H84Ir4N16-4. The van der Waals surface area contributed by atoms with Gasteiger partial charge in [0.25, 0.3) is 0 Å². The monoisotopic (exact) mass is 2040 g/mol. The minimum atomic E-state index is -0.136. The van der Waals surface area contributed by atoms with Crippen LogP contribution in [-0.4, -0.2) is 79.7 Å². The fraction of sp³-hybridized carbons (Fsp3) is 0.300. The molecule has 16 nitrogen and oxygen atoms in total. The predicted molar refractivity (Wildman–Crippen MR) is 382 cm³/mol. The van der Waals surface area contributed by atoms with Crippen LogP contribution >= 0.6 is 0 Å². The quantitative estimate of drug-likeness (QED) is 0.104. The van der Waals surface area contributed by atoms with Crippen molar-refractivity contribution < 1.29 is 80.4 Å². The zero-order valence-electron chi connectivity index (χ0n) is 59.8. The van der Waals surface area contributed by atoms with Crippen LogP contribution in [-0.2, 0) is 91.3 Å². The average molecular weight is 2040 g/mol. The Morgan fingerprint density at radius 1 is 0.300 bits per heavy atom. The van der Waals surface area contributed by atoms with Gasteiger partial charge < -0.3 is 19.9 Å². The second-order valence-electron chi connectivity index (χ2n) is 26.7. The molecule has 8 heterocycles. The van der Waals surface area contributed by atoms with Crippen molar-refractivity contribution >= 4 is 0 Å². The molecule has 0 spiro atoms. The van der Waals surface area contributed by atoms with Crippen LogP contribution in [0.2, 0.25) is 0 Å².